The molecule has 0 aliphatic heterocycles. The summed E-state index contributed by atoms with van der Waals surface area (Å²) in [6, 6.07) is -3.12. The van der Waals surface area contributed by atoms with Crippen LogP contribution in [0.5, 0.6) is 0 Å². The van der Waals surface area contributed by atoms with Crippen molar-refractivity contribution < 1.29 is 83.4 Å². The van der Waals surface area contributed by atoms with Gasteiger partial charge in [-0.1, -0.05) is 41.5 Å². The summed E-state index contributed by atoms with van der Waals surface area (Å²) < 4.78 is 0. The summed E-state index contributed by atoms with van der Waals surface area (Å²) in [5, 5.41) is 65.1. The lowest BCUT2D eigenvalue weighted by atomic mass is 10.1. The molecule has 29 heteroatoms. The Morgan fingerprint density at radius 3 is 0.681 bits per heavy atom. The molecular formula is C65H122N12O17. The Kier molecular flexibility index (Phi) is 41.7. The highest BCUT2D eigenvalue weighted by Gasteiger charge is 2.37. The molecule has 11 amide bonds. The van der Waals surface area contributed by atoms with Gasteiger partial charge in [-0.2, -0.15) is 0 Å². The number of carbonyl (C=O) groups excluding carboxylic acids is 11. The van der Waals surface area contributed by atoms with Crippen LogP contribution in [-0.4, -0.2) is 341 Å². The first-order valence-electron chi connectivity index (χ1n) is 33.7. The second kappa shape index (κ2) is 44.6. The van der Waals surface area contributed by atoms with E-state index in [0.717, 1.165) is 19.6 Å². The van der Waals surface area contributed by atoms with Crippen LogP contribution in [-0.2, 0) is 52.7 Å². The standard InChI is InChI=1S/C65H122N12O17/c1-20-43(7)72(55(84)27-66-26-49(13)78)40-63(92)74(45(9)22-3)38-59(88)68(29-51(15)80)33-57(86)71(32-54(18)83)36-62(91)77(48(12)25-6)42-65(94)75(46(10)23-4)39-60(89)69(30-52(16)81)34-58(87)70(31-53(17)82)35-61(90)76(47(11)24-5)41-64(93)73(44(8)21-2)37-56(85)67(19)28-50(14)79/h43-54,66,78-83H,20-42H2,1-19H3. The summed E-state index contributed by atoms with van der Waals surface area (Å²) in [4.78, 5) is 169. The molecule has 0 saturated heterocycles. The van der Waals surface area contributed by atoms with Crippen molar-refractivity contribution in [3.63, 3.8) is 0 Å². The molecule has 0 aromatic rings. The molecule has 0 aliphatic rings. The van der Waals surface area contributed by atoms with Crippen LogP contribution in [0.3, 0.4) is 0 Å². The van der Waals surface area contributed by atoms with Crippen LogP contribution < -0.4 is 5.32 Å². The van der Waals surface area contributed by atoms with Crippen LogP contribution in [0, 0.1) is 0 Å². The van der Waals surface area contributed by atoms with Crippen molar-refractivity contribution in [3.05, 3.63) is 0 Å². The normalized spacial score (nSPS) is 15.2. The molecule has 0 radical (unpaired) electrons. The van der Waals surface area contributed by atoms with E-state index in [-0.39, 0.29) is 51.9 Å². The van der Waals surface area contributed by atoms with Gasteiger partial charge in [-0.25, -0.2) is 0 Å². The largest absolute Gasteiger partial charge is 0.392 e. The number of aliphatic hydroxyl groups is 6. The van der Waals surface area contributed by atoms with Gasteiger partial charge in [-0.05, 0) is 122 Å². The molecule has 0 aromatic carbocycles. The SMILES string of the molecule is CCC(C)N(CC(=O)N(C)CC(C)O)C(=O)CN(C(=O)CN(CC(C)O)C(=O)CN(CC(C)O)C(=O)CN(C(=O)CN(C(=O)CN(CC(C)O)C(=O)CN(CC(C)O)C(=O)CN(C(=O)CN(C(=O)CNCC(C)O)C(C)CC)C(C)CC)C(C)CC)C(C)CC)C(C)CC. The van der Waals surface area contributed by atoms with Crippen molar-refractivity contribution in [2.75, 3.05) is 118 Å². The van der Waals surface area contributed by atoms with Gasteiger partial charge in [0.05, 0.1) is 69.3 Å². The Bertz CT molecular complexity index is 2380. The van der Waals surface area contributed by atoms with Crippen molar-refractivity contribution in [3.8, 4) is 0 Å². The Labute approximate surface area is 560 Å². The highest BCUT2D eigenvalue weighted by Crippen LogP contribution is 2.17. The molecule has 7 N–H and O–H groups in total. The summed E-state index contributed by atoms with van der Waals surface area (Å²) in [7, 11) is 1.51. The minimum Gasteiger partial charge on any atom is -0.392 e. The van der Waals surface area contributed by atoms with Crippen molar-refractivity contribution in [1.82, 2.24) is 59.2 Å². The maximum absolute atomic E-state index is 14.7. The summed E-state index contributed by atoms with van der Waals surface area (Å²) in [5.74, 6) is -7.15. The average Bonchev–Trinajstić information content (AvgIpc) is 0.961. The van der Waals surface area contributed by atoms with Crippen molar-refractivity contribution >= 4 is 65.0 Å². The lowest BCUT2D eigenvalue weighted by Gasteiger charge is -2.37. The zero-order valence-electron chi connectivity index (χ0n) is 60.3. The number of hydrogen-bond acceptors (Lipinski definition) is 18. The van der Waals surface area contributed by atoms with Crippen molar-refractivity contribution in [1.29, 1.82) is 0 Å². The number of likely N-dealkylation sites (N-methyl/N-ethyl adjacent to an activating group) is 1. The minimum absolute atomic E-state index is 0.0347. The summed E-state index contributed by atoms with van der Waals surface area (Å²) in [5.41, 5.74) is 0. The smallest absolute Gasteiger partial charge is 0.242 e. The predicted molar refractivity (Wildman–Crippen MR) is 356 cm³/mol. The lowest BCUT2D eigenvalue weighted by molar-refractivity contribution is -0.152. The monoisotopic (exact) mass is 1340 g/mol. The second-order valence-electron chi connectivity index (χ2n) is 25.8. The molecule has 12 unspecified atom stereocenters. The molecule has 12 atom stereocenters. The van der Waals surface area contributed by atoms with E-state index in [1.807, 2.05) is 20.8 Å². The third-order valence-corrected chi connectivity index (χ3v) is 16.8. The Hall–Kier alpha value is -6.11. The maximum atomic E-state index is 14.7. The summed E-state index contributed by atoms with van der Waals surface area (Å²) in [6.07, 6.45) is -3.83. The van der Waals surface area contributed by atoms with Crippen molar-refractivity contribution in [2.45, 2.75) is 236 Å². The molecule has 0 heterocycles. The fourth-order valence-corrected chi connectivity index (χ4v) is 10.0. The number of hydrogen-bond donors (Lipinski definition) is 7. The highest BCUT2D eigenvalue weighted by atomic mass is 16.3. The fourth-order valence-electron chi connectivity index (χ4n) is 10.0. The van der Waals surface area contributed by atoms with Crippen molar-refractivity contribution in [2.24, 2.45) is 0 Å². The summed E-state index contributed by atoms with van der Waals surface area (Å²) >= 11 is 0. The predicted octanol–water partition coefficient (Wildman–Crippen LogP) is -0.604. The first-order valence-corrected chi connectivity index (χ1v) is 33.7. The van der Waals surface area contributed by atoms with Gasteiger partial charge in [0, 0.05) is 82.6 Å². The number of nitrogens with one attached hydrogen (secondary N) is 1. The number of aliphatic hydroxyl groups excluding tert-OH is 6. The maximum Gasteiger partial charge on any atom is 0.242 e. The van der Waals surface area contributed by atoms with Crippen LogP contribution >= 0.6 is 0 Å². The van der Waals surface area contributed by atoms with E-state index in [1.54, 1.807) is 69.2 Å². The van der Waals surface area contributed by atoms with Gasteiger partial charge in [0.1, 0.15) is 39.3 Å². The van der Waals surface area contributed by atoms with E-state index in [0.29, 0.717) is 38.5 Å². The van der Waals surface area contributed by atoms with Gasteiger partial charge < -0.3 is 89.9 Å². The molecule has 0 bridgehead atoms. The number of rotatable bonds is 46. The third-order valence-electron chi connectivity index (χ3n) is 16.8. The first kappa shape index (κ1) is 87.9. The van der Waals surface area contributed by atoms with Gasteiger partial charge in [0.25, 0.3) is 0 Å². The molecule has 29 nitrogen and oxygen atoms in total. The van der Waals surface area contributed by atoms with E-state index < -0.39 is 197 Å². The van der Waals surface area contributed by atoms with Crippen LogP contribution in [0.4, 0.5) is 0 Å². The van der Waals surface area contributed by atoms with Crippen LogP contribution in [0.2, 0.25) is 0 Å². The summed E-state index contributed by atoms with van der Waals surface area (Å²) in [6.45, 7) is 22.6. The molecule has 0 fully saturated rings. The third kappa shape index (κ3) is 31.6. The van der Waals surface area contributed by atoms with Gasteiger partial charge in [-0.15, -0.1) is 0 Å². The van der Waals surface area contributed by atoms with Gasteiger partial charge in [0.15, 0.2) is 0 Å². The first-order chi connectivity index (χ1) is 43.7. The second-order valence-corrected chi connectivity index (χ2v) is 25.8. The molecule has 0 spiro atoms. The topological polar surface area (TPSA) is 357 Å². The average molecular weight is 1340 g/mol. The number of carbonyl (C=O) groups is 11. The van der Waals surface area contributed by atoms with Crippen LogP contribution in [0.25, 0.3) is 0 Å². The van der Waals surface area contributed by atoms with Crippen LogP contribution in [0.15, 0.2) is 0 Å². The molecular weight excluding hydrogens is 1220 g/mol. The lowest BCUT2D eigenvalue weighted by Crippen LogP contribution is -2.56. The minimum atomic E-state index is -1.20. The zero-order chi connectivity index (χ0) is 72.6. The Balaban J connectivity index is 7.02. The van der Waals surface area contributed by atoms with E-state index in [2.05, 4.69) is 5.32 Å². The number of amides is 11. The zero-order valence-corrected chi connectivity index (χ0v) is 60.3. The van der Waals surface area contributed by atoms with Gasteiger partial charge >= 0.3 is 0 Å². The molecule has 0 aromatic heterocycles. The van der Waals surface area contributed by atoms with E-state index in [1.165, 1.54) is 76.0 Å². The molecule has 0 saturated carbocycles. The molecule has 0 rings (SSSR count). The van der Waals surface area contributed by atoms with Gasteiger partial charge in [0.2, 0.25) is 65.0 Å². The number of nitrogens with zero attached hydrogens (tertiary/aromatic N) is 11. The molecule has 94 heavy (non-hydrogen) atoms. The fraction of sp³-hybridized carbons (Fsp3) is 0.831. The molecule has 544 valence electrons. The molecule has 0 aliphatic carbocycles. The Morgan fingerprint density at radius 2 is 0.457 bits per heavy atom. The van der Waals surface area contributed by atoms with E-state index in [4.69, 9.17) is 0 Å². The Morgan fingerprint density at radius 1 is 0.266 bits per heavy atom. The quantitative estimate of drug-likeness (QED) is 0.0400. The van der Waals surface area contributed by atoms with E-state index in [9.17, 15) is 83.4 Å². The highest BCUT2D eigenvalue weighted by molar-refractivity contribution is 5.95. The van der Waals surface area contributed by atoms with Gasteiger partial charge in [-0.3, -0.25) is 52.7 Å². The van der Waals surface area contributed by atoms with E-state index >= 15 is 0 Å². The van der Waals surface area contributed by atoms with Crippen LogP contribution in [0.1, 0.15) is 163 Å².